The highest BCUT2D eigenvalue weighted by Gasteiger charge is 2.14. The highest BCUT2D eigenvalue weighted by atomic mass is 35.5. The van der Waals surface area contributed by atoms with Gasteiger partial charge in [0.2, 0.25) is 5.91 Å². The van der Waals surface area contributed by atoms with Crippen molar-refractivity contribution in [2.24, 2.45) is 0 Å². The summed E-state index contributed by atoms with van der Waals surface area (Å²) in [6, 6.07) is 3.66. The molecule has 118 valence electrons. The Kier molecular flexibility index (Phi) is 7.32. The first-order chi connectivity index (χ1) is 10.1. The Morgan fingerprint density at radius 3 is 2.43 bits per heavy atom. The lowest BCUT2D eigenvalue weighted by molar-refractivity contribution is -0.129. The fourth-order valence-corrected chi connectivity index (χ4v) is 2.36. The van der Waals surface area contributed by atoms with E-state index in [1.54, 1.807) is 25.2 Å². The fraction of sp³-hybridized carbons (Fsp3) is 0.533. The Bertz CT molecular complexity index is 476. The second-order valence-corrected chi connectivity index (χ2v) is 4.82. The Morgan fingerprint density at radius 1 is 1.24 bits per heavy atom. The van der Waals surface area contributed by atoms with Gasteiger partial charge in [-0.05, 0) is 25.5 Å². The predicted molar refractivity (Wildman–Crippen MR) is 84.2 cm³/mol. The Morgan fingerprint density at radius 2 is 1.90 bits per heavy atom. The van der Waals surface area contributed by atoms with Crippen LogP contribution < -0.4 is 14.8 Å². The number of benzene rings is 1. The number of hydrogen-bond acceptors (Lipinski definition) is 4. The third-order valence-electron chi connectivity index (χ3n) is 3.27. The van der Waals surface area contributed by atoms with E-state index >= 15 is 0 Å². The van der Waals surface area contributed by atoms with Crippen molar-refractivity contribution < 1.29 is 14.3 Å². The first-order valence-electron chi connectivity index (χ1n) is 6.96. The molecule has 1 amide bonds. The lowest BCUT2D eigenvalue weighted by atomic mass is 10.2. The van der Waals surface area contributed by atoms with Crippen LogP contribution in [0.3, 0.4) is 0 Å². The van der Waals surface area contributed by atoms with Crippen molar-refractivity contribution >= 4 is 17.5 Å². The molecule has 0 spiro atoms. The summed E-state index contributed by atoms with van der Waals surface area (Å²) in [4.78, 5) is 13.7. The standard InChI is InChI=1S/C15H23ClN2O3/c1-5-18(6-2)13(19)10-17-9-11-7-8-12(20-3)15(21-4)14(11)16/h7-8,17H,5-6,9-10H2,1-4H3. The molecule has 0 saturated heterocycles. The van der Waals surface area contributed by atoms with E-state index in [2.05, 4.69) is 5.32 Å². The van der Waals surface area contributed by atoms with Gasteiger partial charge in [0.05, 0.1) is 25.8 Å². The third kappa shape index (κ3) is 4.51. The van der Waals surface area contributed by atoms with Crippen molar-refractivity contribution in [2.75, 3.05) is 33.9 Å². The zero-order chi connectivity index (χ0) is 15.8. The highest BCUT2D eigenvalue weighted by Crippen LogP contribution is 2.37. The zero-order valence-electron chi connectivity index (χ0n) is 13.0. The van der Waals surface area contributed by atoms with Gasteiger partial charge in [0.15, 0.2) is 11.5 Å². The van der Waals surface area contributed by atoms with E-state index < -0.39 is 0 Å². The molecule has 0 bridgehead atoms. The van der Waals surface area contributed by atoms with E-state index in [9.17, 15) is 4.79 Å². The van der Waals surface area contributed by atoms with Crippen molar-refractivity contribution in [3.8, 4) is 11.5 Å². The van der Waals surface area contributed by atoms with Gasteiger partial charge in [-0.3, -0.25) is 4.79 Å². The smallest absolute Gasteiger partial charge is 0.236 e. The molecule has 1 N–H and O–H groups in total. The quantitative estimate of drug-likeness (QED) is 0.800. The van der Waals surface area contributed by atoms with Crippen molar-refractivity contribution in [1.29, 1.82) is 0 Å². The molecule has 0 heterocycles. The van der Waals surface area contributed by atoms with Crippen molar-refractivity contribution in [1.82, 2.24) is 10.2 Å². The normalized spacial score (nSPS) is 10.3. The molecule has 1 aromatic carbocycles. The van der Waals surface area contributed by atoms with Gasteiger partial charge in [-0.2, -0.15) is 0 Å². The number of halogens is 1. The number of rotatable bonds is 8. The molecule has 0 unspecified atom stereocenters. The molecule has 0 aromatic heterocycles. The number of nitrogens with one attached hydrogen (secondary N) is 1. The van der Waals surface area contributed by atoms with Crippen molar-refractivity contribution in [3.05, 3.63) is 22.7 Å². The number of ether oxygens (including phenoxy) is 2. The maximum atomic E-state index is 11.9. The molecule has 0 aliphatic carbocycles. The van der Waals surface area contributed by atoms with Gasteiger partial charge in [-0.25, -0.2) is 0 Å². The molecule has 0 atom stereocenters. The van der Waals surface area contributed by atoms with Crippen LogP contribution in [0.15, 0.2) is 12.1 Å². The highest BCUT2D eigenvalue weighted by molar-refractivity contribution is 6.33. The van der Waals surface area contributed by atoms with Gasteiger partial charge in [-0.1, -0.05) is 17.7 Å². The summed E-state index contributed by atoms with van der Waals surface area (Å²) < 4.78 is 10.4. The SMILES string of the molecule is CCN(CC)C(=O)CNCc1ccc(OC)c(OC)c1Cl. The van der Waals surface area contributed by atoms with Gasteiger partial charge in [0.25, 0.3) is 0 Å². The van der Waals surface area contributed by atoms with Gasteiger partial charge in [-0.15, -0.1) is 0 Å². The summed E-state index contributed by atoms with van der Waals surface area (Å²) in [7, 11) is 3.11. The largest absolute Gasteiger partial charge is 0.493 e. The zero-order valence-corrected chi connectivity index (χ0v) is 13.8. The number of carbonyl (C=O) groups is 1. The monoisotopic (exact) mass is 314 g/mol. The lowest BCUT2D eigenvalue weighted by Crippen LogP contribution is -2.37. The average Bonchev–Trinajstić information content (AvgIpc) is 2.49. The van der Waals surface area contributed by atoms with Crippen LogP contribution in [0, 0.1) is 0 Å². The Balaban J connectivity index is 2.66. The molecule has 0 aliphatic heterocycles. The minimum absolute atomic E-state index is 0.0802. The van der Waals surface area contributed by atoms with E-state index in [4.69, 9.17) is 21.1 Å². The lowest BCUT2D eigenvalue weighted by Gasteiger charge is -2.19. The number of likely N-dealkylation sites (N-methyl/N-ethyl adjacent to an activating group) is 1. The molecule has 1 aromatic rings. The maximum absolute atomic E-state index is 11.9. The van der Waals surface area contributed by atoms with Crippen LogP contribution in [0.1, 0.15) is 19.4 Å². The van der Waals surface area contributed by atoms with Crippen molar-refractivity contribution in [3.63, 3.8) is 0 Å². The minimum Gasteiger partial charge on any atom is -0.493 e. The second kappa shape index (κ2) is 8.74. The molecule has 1 rings (SSSR count). The molecule has 0 radical (unpaired) electrons. The van der Waals surface area contributed by atoms with Crippen LogP contribution in [0.4, 0.5) is 0 Å². The number of nitrogens with zero attached hydrogens (tertiary/aromatic N) is 1. The fourth-order valence-electron chi connectivity index (χ4n) is 2.06. The van der Waals surface area contributed by atoms with Crippen LogP contribution in [0.2, 0.25) is 5.02 Å². The van der Waals surface area contributed by atoms with E-state index in [1.807, 2.05) is 19.9 Å². The summed E-state index contributed by atoms with van der Waals surface area (Å²) in [5.74, 6) is 1.18. The van der Waals surface area contributed by atoms with Crippen LogP contribution >= 0.6 is 11.6 Å². The van der Waals surface area contributed by atoms with Gasteiger partial charge in [0.1, 0.15) is 0 Å². The molecule has 6 heteroatoms. The van der Waals surface area contributed by atoms with Crippen LogP contribution in [0.5, 0.6) is 11.5 Å². The minimum atomic E-state index is 0.0802. The predicted octanol–water partition coefficient (Wildman–Crippen LogP) is 2.32. The van der Waals surface area contributed by atoms with Gasteiger partial charge in [0, 0.05) is 19.6 Å². The molecule has 21 heavy (non-hydrogen) atoms. The number of methoxy groups -OCH3 is 2. The molecule has 0 fully saturated rings. The van der Waals surface area contributed by atoms with Crippen LogP contribution in [-0.2, 0) is 11.3 Å². The third-order valence-corrected chi connectivity index (χ3v) is 3.69. The van der Waals surface area contributed by atoms with E-state index in [-0.39, 0.29) is 12.5 Å². The summed E-state index contributed by atoms with van der Waals surface area (Å²) in [5.41, 5.74) is 0.863. The van der Waals surface area contributed by atoms with E-state index in [0.717, 1.165) is 5.56 Å². The molecule has 5 nitrogen and oxygen atoms in total. The molecule has 0 aliphatic rings. The summed E-state index contributed by atoms with van der Waals surface area (Å²) in [5, 5.41) is 3.61. The summed E-state index contributed by atoms with van der Waals surface area (Å²) >= 11 is 6.28. The number of hydrogen-bond donors (Lipinski definition) is 1. The van der Waals surface area contributed by atoms with Crippen molar-refractivity contribution in [2.45, 2.75) is 20.4 Å². The second-order valence-electron chi connectivity index (χ2n) is 4.44. The van der Waals surface area contributed by atoms with Crippen LogP contribution in [-0.4, -0.2) is 44.7 Å². The topological polar surface area (TPSA) is 50.8 Å². The Labute approximate surface area is 131 Å². The molecular formula is C15H23ClN2O3. The Hall–Kier alpha value is -1.46. The number of carbonyl (C=O) groups excluding carboxylic acids is 1. The van der Waals surface area contributed by atoms with Gasteiger partial charge >= 0.3 is 0 Å². The van der Waals surface area contributed by atoms with Crippen LogP contribution in [0.25, 0.3) is 0 Å². The summed E-state index contributed by atoms with van der Waals surface area (Å²) in [6.45, 7) is 6.14. The summed E-state index contributed by atoms with van der Waals surface area (Å²) in [6.07, 6.45) is 0. The molecular weight excluding hydrogens is 292 g/mol. The van der Waals surface area contributed by atoms with E-state index in [1.165, 1.54) is 0 Å². The van der Waals surface area contributed by atoms with E-state index in [0.29, 0.717) is 36.2 Å². The number of amides is 1. The first kappa shape index (κ1) is 17.6. The first-order valence-corrected chi connectivity index (χ1v) is 7.34. The maximum Gasteiger partial charge on any atom is 0.236 e. The van der Waals surface area contributed by atoms with Gasteiger partial charge < -0.3 is 19.7 Å². The average molecular weight is 315 g/mol. The molecule has 0 saturated carbocycles.